The summed E-state index contributed by atoms with van der Waals surface area (Å²) in [5.74, 6) is -1.39. The molecule has 0 saturated heterocycles. The van der Waals surface area contributed by atoms with E-state index in [0.717, 1.165) is 0 Å². The van der Waals surface area contributed by atoms with Crippen LogP contribution < -0.4 is 0 Å². The van der Waals surface area contributed by atoms with Gasteiger partial charge in [0.05, 0.1) is 5.92 Å². The predicted octanol–water partition coefficient (Wildman–Crippen LogP) is 0.296. The molecule has 0 radical (unpaired) electrons. The van der Waals surface area contributed by atoms with Crippen molar-refractivity contribution in [3.63, 3.8) is 0 Å². The summed E-state index contributed by atoms with van der Waals surface area (Å²) in [6.07, 6.45) is 0.546. The Hall–Kier alpha value is -0.860. The Kier molecular flexibility index (Phi) is 1.27. The van der Waals surface area contributed by atoms with E-state index in [1.807, 2.05) is 0 Å². The third kappa shape index (κ3) is 1.09. The first-order valence-corrected chi connectivity index (χ1v) is 2.86. The van der Waals surface area contributed by atoms with E-state index in [9.17, 15) is 9.59 Å². The molecule has 0 unspecified atom stereocenters. The van der Waals surface area contributed by atoms with E-state index in [2.05, 4.69) is 0 Å². The van der Waals surface area contributed by atoms with Gasteiger partial charge in [0, 0.05) is 5.92 Å². The number of carboxylic acid groups (broad SMARTS) is 1. The van der Waals surface area contributed by atoms with E-state index in [0.29, 0.717) is 6.42 Å². The molecule has 1 N–H and O–H groups in total. The number of aliphatic carboxylic acids is 1. The average molecular weight is 128 g/mol. The summed E-state index contributed by atoms with van der Waals surface area (Å²) < 4.78 is 0. The minimum absolute atomic E-state index is 0.00222. The SMILES string of the molecule is CC(=O)[C@@H]1C[C@H]1C(=O)O. The van der Waals surface area contributed by atoms with E-state index in [4.69, 9.17) is 5.11 Å². The van der Waals surface area contributed by atoms with Crippen LogP contribution in [-0.2, 0) is 9.59 Å². The highest BCUT2D eigenvalue weighted by molar-refractivity contribution is 5.89. The van der Waals surface area contributed by atoms with Crippen molar-refractivity contribution in [2.45, 2.75) is 13.3 Å². The first-order valence-electron chi connectivity index (χ1n) is 2.86. The number of hydrogen-bond acceptors (Lipinski definition) is 2. The van der Waals surface area contributed by atoms with Crippen LogP contribution in [-0.4, -0.2) is 16.9 Å². The normalized spacial score (nSPS) is 31.7. The molecule has 0 aromatic rings. The number of Topliss-reactive ketones (excluding diaryl/α,β-unsaturated/α-hetero) is 1. The van der Waals surface area contributed by atoms with Crippen LogP contribution in [0.1, 0.15) is 13.3 Å². The van der Waals surface area contributed by atoms with Gasteiger partial charge < -0.3 is 5.11 Å². The van der Waals surface area contributed by atoms with Crippen molar-refractivity contribution in [3.8, 4) is 0 Å². The fraction of sp³-hybridized carbons (Fsp3) is 0.667. The van der Waals surface area contributed by atoms with Crippen LogP contribution in [0.15, 0.2) is 0 Å². The Morgan fingerprint density at radius 1 is 1.44 bits per heavy atom. The first kappa shape index (κ1) is 6.26. The molecule has 50 valence electrons. The van der Waals surface area contributed by atoms with Crippen LogP contribution in [0.25, 0.3) is 0 Å². The molecule has 1 aliphatic rings. The molecule has 0 aromatic carbocycles. The maximum Gasteiger partial charge on any atom is 0.307 e. The van der Waals surface area contributed by atoms with Crippen LogP contribution in [0.2, 0.25) is 0 Å². The van der Waals surface area contributed by atoms with Crippen molar-refractivity contribution in [2.24, 2.45) is 11.8 Å². The number of carboxylic acids is 1. The lowest BCUT2D eigenvalue weighted by Crippen LogP contribution is -2.03. The molecule has 0 spiro atoms. The van der Waals surface area contributed by atoms with Gasteiger partial charge in [0.2, 0.25) is 0 Å². The van der Waals surface area contributed by atoms with E-state index in [1.165, 1.54) is 6.92 Å². The molecular weight excluding hydrogens is 120 g/mol. The van der Waals surface area contributed by atoms with Crippen LogP contribution in [0.3, 0.4) is 0 Å². The zero-order valence-electron chi connectivity index (χ0n) is 5.13. The first-order chi connectivity index (χ1) is 4.13. The molecule has 3 nitrogen and oxygen atoms in total. The molecule has 3 heteroatoms. The van der Waals surface area contributed by atoms with Crippen molar-refractivity contribution in [2.75, 3.05) is 0 Å². The topological polar surface area (TPSA) is 54.4 Å². The van der Waals surface area contributed by atoms with Crippen LogP contribution in [0.5, 0.6) is 0 Å². The van der Waals surface area contributed by atoms with Crippen LogP contribution in [0.4, 0.5) is 0 Å². The van der Waals surface area contributed by atoms with Gasteiger partial charge in [0.25, 0.3) is 0 Å². The van der Waals surface area contributed by atoms with E-state index in [-0.39, 0.29) is 17.6 Å². The smallest absolute Gasteiger partial charge is 0.307 e. The molecule has 0 heterocycles. The lowest BCUT2D eigenvalue weighted by molar-refractivity contribution is -0.139. The van der Waals surface area contributed by atoms with Crippen molar-refractivity contribution in [3.05, 3.63) is 0 Å². The second-order valence-corrected chi connectivity index (χ2v) is 2.40. The highest BCUT2D eigenvalue weighted by Gasteiger charge is 2.46. The van der Waals surface area contributed by atoms with Crippen molar-refractivity contribution < 1.29 is 14.7 Å². The average Bonchev–Trinajstić information content (AvgIpc) is 2.39. The van der Waals surface area contributed by atoms with Crippen molar-refractivity contribution >= 4 is 11.8 Å². The standard InChI is InChI=1S/C6H8O3/c1-3(7)4-2-5(4)6(8)9/h4-5H,2H2,1H3,(H,8,9)/t4-,5+/m0/s1. The summed E-state index contributed by atoms with van der Waals surface area (Å²) in [5, 5.41) is 8.32. The minimum Gasteiger partial charge on any atom is -0.481 e. The lowest BCUT2D eigenvalue weighted by atomic mass is 10.2. The maximum absolute atomic E-state index is 10.5. The third-order valence-electron chi connectivity index (χ3n) is 1.63. The van der Waals surface area contributed by atoms with Gasteiger partial charge in [-0.05, 0) is 13.3 Å². The molecule has 1 rings (SSSR count). The molecule has 1 saturated carbocycles. The van der Waals surface area contributed by atoms with E-state index < -0.39 is 5.97 Å². The molecule has 1 aliphatic carbocycles. The molecular formula is C6H8O3. The number of carbonyl (C=O) groups is 2. The number of ketones is 1. The monoisotopic (exact) mass is 128 g/mol. The highest BCUT2D eigenvalue weighted by Crippen LogP contribution is 2.38. The van der Waals surface area contributed by atoms with Gasteiger partial charge in [0.15, 0.2) is 0 Å². The third-order valence-corrected chi connectivity index (χ3v) is 1.63. The molecule has 0 aliphatic heterocycles. The quantitative estimate of drug-likeness (QED) is 0.581. The van der Waals surface area contributed by atoms with Crippen molar-refractivity contribution in [1.82, 2.24) is 0 Å². The Balaban J connectivity index is 2.42. The Labute approximate surface area is 52.7 Å². The van der Waals surface area contributed by atoms with Gasteiger partial charge in [0.1, 0.15) is 5.78 Å². The van der Waals surface area contributed by atoms with Crippen molar-refractivity contribution in [1.29, 1.82) is 0 Å². The van der Waals surface area contributed by atoms with Gasteiger partial charge in [-0.25, -0.2) is 0 Å². The lowest BCUT2D eigenvalue weighted by Gasteiger charge is -1.85. The number of hydrogen-bond donors (Lipinski definition) is 1. The summed E-state index contributed by atoms with van der Waals surface area (Å²) in [6, 6.07) is 0. The predicted molar refractivity (Wildman–Crippen MR) is 29.9 cm³/mol. The largest absolute Gasteiger partial charge is 0.481 e. The maximum atomic E-state index is 10.5. The van der Waals surface area contributed by atoms with Crippen LogP contribution >= 0.6 is 0 Å². The summed E-state index contributed by atoms with van der Waals surface area (Å²) in [5.41, 5.74) is 0. The van der Waals surface area contributed by atoms with Crippen LogP contribution in [0, 0.1) is 11.8 Å². The Bertz CT molecular complexity index is 144. The zero-order valence-corrected chi connectivity index (χ0v) is 5.13. The van der Waals surface area contributed by atoms with Gasteiger partial charge >= 0.3 is 5.97 Å². The van der Waals surface area contributed by atoms with Gasteiger partial charge in [-0.1, -0.05) is 0 Å². The zero-order chi connectivity index (χ0) is 7.02. The summed E-state index contributed by atoms with van der Waals surface area (Å²) in [7, 11) is 0. The van der Waals surface area contributed by atoms with Gasteiger partial charge in [-0.3, -0.25) is 9.59 Å². The summed E-state index contributed by atoms with van der Waals surface area (Å²) >= 11 is 0. The van der Waals surface area contributed by atoms with Gasteiger partial charge in [-0.2, -0.15) is 0 Å². The molecule has 0 aromatic heterocycles. The molecule has 9 heavy (non-hydrogen) atoms. The molecule has 0 amide bonds. The minimum atomic E-state index is -0.838. The highest BCUT2D eigenvalue weighted by atomic mass is 16.4. The fourth-order valence-electron chi connectivity index (χ4n) is 0.917. The van der Waals surface area contributed by atoms with Gasteiger partial charge in [-0.15, -0.1) is 0 Å². The molecule has 2 atom stereocenters. The number of rotatable bonds is 2. The summed E-state index contributed by atoms with van der Waals surface area (Å²) in [4.78, 5) is 20.6. The molecule has 1 fully saturated rings. The fourth-order valence-corrected chi connectivity index (χ4v) is 0.917. The second kappa shape index (κ2) is 1.83. The molecule has 0 bridgehead atoms. The Morgan fingerprint density at radius 3 is 2.11 bits per heavy atom. The van der Waals surface area contributed by atoms with E-state index >= 15 is 0 Å². The Morgan fingerprint density at radius 2 is 2.00 bits per heavy atom. The van der Waals surface area contributed by atoms with E-state index in [1.54, 1.807) is 0 Å². The number of carbonyl (C=O) groups excluding carboxylic acids is 1. The summed E-state index contributed by atoms with van der Waals surface area (Å²) in [6.45, 7) is 1.44. The second-order valence-electron chi connectivity index (χ2n) is 2.40.